The van der Waals surface area contributed by atoms with Gasteiger partial charge in [-0.15, -0.1) is 0 Å². The van der Waals surface area contributed by atoms with Crippen LogP contribution in [0.4, 0.5) is 0 Å². The number of aliphatic carboxylic acids is 1. The fourth-order valence-corrected chi connectivity index (χ4v) is 2.17. The van der Waals surface area contributed by atoms with Gasteiger partial charge in [0.25, 0.3) is 11.8 Å². The van der Waals surface area contributed by atoms with Gasteiger partial charge in [-0.05, 0) is 51.4 Å². The molecule has 5 nitrogen and oxygen atoms in total. The maximum absolute atomic E-state index is 11.5. The number of carboxylic acids is 1. The second-order valence-corrected chi connectivity index (χ2v) is 5.11. The lowest BCUT2D eigenvalue weighted by Crippen LogP contribution is -2.32. The molecule has 0 atom stereocenters. The number of hydrogen-bond donors (Lipinski definition) is 1. The highest BCUT2D eigenvalue weighted by Crippen LogP contribution is 2.29. The molecule has 2 amide bonds. The van der Waals surface area contributed by atoms with E-state index in [1.54, 1.807) is 0 Å². The SMILES string of the molecule is O=C(O)CCCCN1C(=O)C(Br)=C(I)C1=O. The molecule has 1 aliphatic rings. The summed E-state index contributed by atoms with van der Waals surface area (Å²) in [5.74, 6) is -1.52. The van der Waals surface area contributed by atoms with Gasteiger partial charge in [0, 0.05) is 13.0 Å². The molecule has 0 bridgehead atoms. The minimum absolute atomic E-state index is 0.0575. The summed E-state index contributed by atoms with van der Waals surface area (Å²) < 4.78 is 0.664. The van der Waals surface area contributed by atoms with Crippen LogP contribution >= 0.6 is 38.5 Å². The monoisotopic (exact) mass is 401 g/mol. The van der Waals surface area contributed by atoms with Crippen LogP contribution in [-0.4, -0.2) is 34.3 Å². The third-order valence-electron chi connectivity index (χ3n) is 2.08. The molecule has 1 aliphatic heterocycles. The van der Waals surface area contributed by atoms with Gasteiger partial charge in [-0.2, -0.15) is 0 Å². The molecule has 16 heavy (non-hydrogen) atoms. The highest BCUT2D eigenvalue weighted by Gasteiger charge is 2.35. The first-order valence-electron chi connectivity index (χ1n) is 4.58. The largest absolute Gasteiger partial charge is 0.481 e. The summed E-state index contributed by atoms with van der Waals surface area (Å²) in [6, 6.07) is 0. The summed E-state index contributed by atoms with van der Waals surface area (Å²) in [6.45, 7) is 0.270. The van der Waals surface area contributed by atoms with Crippen molar-refractivity contribution in [2.75, 3.05) is 6.54 Å². The van der Waals surface area contributed by atoms with Gasteiger partial charge in [-0.1, -0.05) is 0 Å². The molecular formula is C9H9BrINO4. The van der Waals surface area contributed by atoms with Gasteiger partial charge < -0.3 is 5.11 Å². The molecular weight excluding hydrogens is 393 g/mol. The second-order valence-electron chi connectivity index (χ2n) is 3.24. The summed E-state index contributed by atoms with van der Waals surface area (Å²) in [4.78, 5) is 34.5. The fraction of sp³-hybridized carbons (Fsp3) is 0.444. The minimum atomic E-state index is -0.868. The van der Waals surface area contributed by atoms with Gasteiger partial charge in [0.05, 0.1) is 3.58 Å². The van der Waals surface area contributed by atoms with Crippen LogP contribution in [0.5, 0.6) is 0 Å². The maximum Gasteiger partial charge on any atom is 0.303 e. The molecule has 88 valence electrons. The van der Waals surface area contributed by atoms with Crippen molar-refractivity contribution in [2.45, 2.75) is 19.3 Å². The van der Waals surface area contributed by atoms with Gasteiger partial charge >= 0.3 is 5.97 Å². The molecule has 0 aliphatic carbocycles. The zero-order chi connectivity index (χ0) is 12.3. The van der Waals surface area contributed by atoms with Crippen molar-refractivity contribution in [3.05, 3.63) is 8.06 Å². The van der Waals surface area contributed by atoms with Crippen LogP contribution < -0.4 is 0 Å². The molecule has 0 unspecified atom stereocenters. The summed E-state index contributed by atoms with van der Waals surface area (Å²) in [5.41, 5.74) is 0. The molecule has 0 fully saturated rings. The predicted molar refractivity (Wildman–Crippen MR) is 68.2 cm³/mol. The quantitative estimate of drug-likeness (QED) is 0.432. The van der Waals surface area contributed by atoms with Gasteiger partial charge in [-0.25, -0.2) is 0 Å². The molecule has 0 radical (unpaired) electrons. The number of unbranched alkanes of at least 4 members (excludes halogenated alkanes) is 1. The van der Waals surface area contributed by atoms with Crippen LogP contribution in [0.2, 0.25) is 0 Å². The average Bonchev–Trinajstić information content (AvgIpc) is 2.40. The molecule has 0 aromatic carbocycles. The van der Waals surface area contributed by atoms with Crippen molar-refractivity contribution in [1.82, 2.24) is 4.90 Å². The van der Waals surface area contributed by atoms with Crippen LogP contribution in [0.15, 0.2) is 8.06 Å². The predicted octanol–water partition coefficient (Wildman–Crippen LogP) is 1.65. The van der Waals surface area contributed by atoms with E-state index in [0.29, 0.717) is 16.4 Å². The summed E-state index contributed by atoms with van der Waals surface area (Å²) >= 11 is 4.86. The molecule has 0 aromatic heterocycles. The molecule has 1 N–H and O–H groups in total. The zero-order valence-corrected chi connectivity index (χ0v) is 11.9. The van der Waals surface area contributed by atoms with E-state index in [-0.39, 0.29) is 29.3 Å². The normalized spacial score (nSPS) is 16.2. The van der Waals surface area contributed by atoms with Crippen molar-refractivity contribution >= 4 is 56.3 Å². The van der Waals surface area contributed by atoms with Gasteiger partial charge in [0.15, 0.2) is 0 Å². The Kier molecular flexibility index (Phi) is 4.90. The number of rotatable bonds is 5. The molecule has 1 rings (SSSR count). The summed E-state index contributed by atoms with van der Waals surface area (Å²) in [5, 5.41) is 8.43. The van der Waals surface area contributed by atoms with E-state index in [4.69, 9.17) is 5.11 Å². The number of carboxylic acid groups (broad SMARTS) is 1. The average molecular weight is 402 g/mol. The van der Waals surface area contributed by atoms with Crippen LogP contribution in [-0.2, 0) is 14.4 Å². The van der Waals surface area contributed by atoms with Crippen molar-refractivity contribution in [3.63, 3.8) is 0 Å². The first-order valence-corrected chi connectivity index (χ1v) is 6.45. The van der Waals surface area contributed by atoms with E-state index < -0.39 is 5.97 Å². The number of nitrogens with zero attached hydrogens (tertiary/aromatic N) is 1. The lowest BCUT2D eigenvalue weighted by molar-refractivity contribution is -0.137. The van der Waals surface area contributed by atoms with Crippen molar-refractivity contribution < 1.29 is 19.5 Å². The third kappa shape index (κ3) is 3.03. The lowest BCUT2D eigenvalue weighted by Gasteiger charge is -2.13. The Morgan fingerprint density at radius 2 is 1.94 bits per heavy atom. The number of amides is 2. The van der Waals surface area contributed by atoms with Crippen molar-refractivity contribution in [1.29, 1.82) is 0 Å². The Bertz CT molecular complexity index is 356. The second kappa shape index (κ2) is 5.76. The highest BCUT2D eigenvalue weighted by atomic mass is 127. The van der Waals surface area contributed by atoms with Crippen molar-refractivity contribution in [2.24, 2.45) is 0 Å². The Morgan fingerprint density at radius 3 is 2.38 bits per heavy atom. The smallest absolute Gasteiger partial charge is 0.303 e. The van der Waals surface area contributed by atoms with Crippen LogP contribution in [0.3, 0.4) is 0 Å². The number of carbonyl (C=O) groups is 3. The maximum atomic E-state index is 11.5. The van der Waals surface area contributed by atoms with E-state index in [0.717, 1.165) is 4.90 Å². The molecule has 7 heteroatoms. The van der Waals surface area contributed by atoms with E-state index in [1.807, 2.05) is 22.6 Å². The minimum Gasteiger partial charge on any atom is -0.481 e. The summed E-state index contributed by atoms with van der Waals surface area (Å²) in [7, 11) is 0. The Labute approximate surface area is 114 Å². The van der Waals surface area contributed by atoms with E-state index in [1.165, 1.54) is 0 Å². The van der Waals surface area contributed by atoms with Crippen molar-refractivity contribution in [3.8, 4) is 0 Å². The zero-order valence-electron chi connectivity index (χ0n) is 8.20. The number of imide groups is 1. The topological polar surface area (TPSA) is 74.7 Å². The molecule has 0 saturated carbocycles. The molecule has 0 spiro atoms. The number of halogens is 2. The first-order chi connectivity index (χ1) is 7.45. The fourth-order valence-electron chi connectivity index (χ4n) is 1.27. The number of carbonyl (C=O) groups excluding carboxylic acids is 2. The summed E-state index contributed by atoms with van der Waals surface area (Å²) in [6.07, 6.45) is 1.02. The van der Waals surface area contributed by atoms with Crippen LogP contribution in [0.25, 0.3) is 0 Å². The molecule has 0 saturated heterocycles. The van der Waals surface area contributed by atoms with Gasteiger partial charge in [-0.3, -0.25) is 19.3 Å². The van der Waals surface area contributed by atoms with E-state index >= 15 is 0 Å². The number of hydrogen-bond acceptors (Lipinski definition) is 3. The Balaban J connectivity index is 2.43. The standard InChI is InChI=1S/C9H9BrINO4/c10-6-7(11)9(16)12(8(6)15)4-2-1-3-5(13)14/h1-4H2,(H,13,14). The van der Waals surface area contributed by atoms with Crippen LogP contribution in [0, 0.1) is 0 Å². The van der Waals surface area contributed by atoms with Crippen LogP contribution in [0.1, 0.15) is 19.3 Å². The molecule has 1 heterocycles. The van der Waals surface area contributed by atoms with Gasteiger partial charge in [0.1, 0.15) is 4.48 Å². The van der Waals surface area contributed by atoms with E-state index in [9.17, 15) is 14.4 Å². The highest BCUT2D eigenvalue weighted by molar-refractivity contribution is 14.1. The lowest BCUT2D eigenvalue weighted by atomic mass is 10.2. The first kappa shape index (κ1) is 13.6. The van der Waals surface area contributed by atoms with Gasteiger partial charge in [0.2, 0.25) is 0 Å². The van der Waals surface area contributed by atoms with E-state index in [2.05, 4.69) is 15.9 Å². The molecule has 0 aromatic rings. The Morgan fingerprint density at radius 1 is 1.31 bits per heavy atom. The third-order valence-corrected chi connectivity index (χ3v) is 4.56. The Hall–Kier alpha value is -0.440.